The van der Waals surface area contributed by atoms with Crippen LogP contribution in [0.3, 0.4) is 0 Å². The summed E-state index contributed by atoms with van der Waals surface area (Å²) >= 11 is 0. The third-order valence-corrected chi connectivity index (χ3v) is 2.15. The maximum absolute atomic E-state index is 5.68. The van der Waals surface area contributed by atoms with Crippen LogP contribution in [0.2, 0.25) is 0 Å². The van der Waals surface area contributed by atoms with Gasteiger partial charge in [-0.25, -0.2) is 9.67 Å². The van der Waals surface area contributed by atoms with Gasteiger partial charge in [-0.3, -0.25) is 0 Å². The van der Waals surface area contributed by atoms with Gasteiger partial charge >= 0.3 is 0 Å². The molecule has 1 heterocycles. The Kier molecular flexibility index (Phi) is 3.42. The molecule has 0 radical (unpaired) electrons. The largest absolute Gasteiger partial charge is 0.328 e. The fraction of sp³-hybridized carbons (Fsp3) is 0.778. The van der Waals surface area contributed by atoms with E-state index in [1.54, 1.807) is 0 Å². The highest BCUT2D eigenvalue weighted by Crippen LogP contribution is 2.12. The van der Waals surface area contributed by atoms with Crippen molar-refractivity contribution in [2.24, 2.45) is 5.73 Å². The minimum Gasteiger partial charge on any atom is -0.328 e. The number of nitrogens with two attached hydrogens (primary N) is 1. The Hall–Kier alpha value is -0.900. The van der Waals surface area contributed by atoms with Crippen molar-refractivity contribution in [3.05, 3.63) is 11.6 Å². The van der Waals surface area contributed by atoms with Gasteiger partial charge in [-0.1, -0.05) is 13.3 Å². The Balaban J connectivity index is 2.83. The highest BCUT2D eigenvalue weighted by molar-refractivity contribution is 4.90. The van der Waals surface area contributed by atoms with E-state index in [1.807, 2.05) is 18.5 Å². The van der Waals surface area contributed by atoms with Crippen molar-refractivity contribution < 1.29 is 0 Å². The predicted octanol–water partition coefficient (Wildman–Crippen LogP) is 1.19. The van der Waals surface area contributed by atoms with Gasteiger partial charge in [-0.05, 0) is 20.3 Å². The van der Waals surface area contributed by atoms with Crippen LogP contribution in [0.25, 0.3) is 0 Å². The van der Waals surface area contributed by atoms with E-state index in [4.69, 9.17) is 5.73 Å². The SMILES string of the molecule is CCCC(CN)n1nc(C)nc1C. The molecule has 0 spiro atoms. The van der Waals surface area contributed by atoms with Gasteiger partial charge in [-0.2, -0.15) is 5.10 Å². The molecule has 1 unspecified atom stereocenters. The van der Waals surface area contributed by atoms with Gasteiger partial charge in [0.25, 0.3) is 0 Å². The van der Waals surface area contributed by atoms with Gasteiger partial charge in [-0.15, -0.1) is 0 Å². The maximum atomic E-state index is 5.68. The lowest BCUT2D eigenvalue weighted by Crippen LogP contribution is -2.21. The molecule has 1 rings (SSSR count). The van der Waals surface area contributed by atoms with Gasteiger partial charge in [0.2, 0.25) is 0 Å². The molecule has 0 aliphatic heterocycles. The molecule has 0 saturated heterocycles. The van der Waals surface area contributed by atoms with Gasteiger partial charge in [0.15, 0.2) is 0 Å². The van der Waals surface area contributed by atoms with Crippen molar-refractivity contribution in [2.75, 3.05) is 6.54 Å². The molecule has 0 amide bonds. The zero-order valence-electron chi connectivity index (χ0n) is 8.62. The fourth-order valence-corrected chi connectivity index (χ4v) is 1.56. The van der Waals surface area contributed by atoms with Crippen molar-refractivity contribution >= 4 is 0 Å². The van der Waals surface area contributed by atoms with Crippen LogP contribution in [0.15, 0.2) is 0 Å². The average molecular weight is 182 g/mol. The molecule has 2 N–H and O–H groups in total. The van der Waals surface area contributed by atoms with Crippen LogP contribution in [0.1, 0.15) is 37.5 Å². The van der Waals surface area contributed by atoms with E-state index >= 15 is 0 Å². The molecule has 0 saturated carbocycles. The van der Waals surface area contributed by atoms with Crippen LogP contribution in [0, 0.1) is 13.8 Å². The molecule has 1 aromatic rings. The molecule has 4 nitrogen and oxygen atoms in total. The smallest absolute Gasteiger partial charge is 0.147 e. The molecule has 0 aliphatic carbocycles. The van der Waals surface area contributed by atoms with Crippen LogP contribution in [-0.4, -0.2) is 21.3 Å². The van der Waals surface area contributed by atoms with Gasteiger partial charge in [0.05, 0.1) is 6.04 Å². The second kappa shape index (κ2) is 4.37. The lowest BCUT2D eigenvalue weighted by Gasteiger charge is -2.14. The average Bonchev–Trinajstić information content (AvgIpc) is 2.41. The second-order valence-corrected chi connectivity index (χ2v) is 3.33. The van der Waals surface area contributed by atoms with Gasteiger partial charge in [0, 0.05) is 6.54 Å². The van der Waals surface area contributed by atoms with Crippen molar-refractivity contribution in [1.82, 2.24) is 14.8 Å². The highest BCUT2D eigenvalue weighted by atomic mass is 15.4. The zero-order valence-corrected chi connectivity index (χ0v) is 8.62. The topological polar surface area (TPSA) is 56.7 Å². The monoisotopic (exact) mass is 182 g/mol. The van der Waals surface area contributed by atoms with Crippen LogP contribution in [-0.2, 0) is 0 Å². The first-order chi connectivity index (χ1) is 6.19. The summed E-state index contributed by atoms with van der Waals surface area (Å²) in [7, 11) is 0. The number of rotatable bonds is 4. The first kappa shape index (κ1) is 10.2. The minimum atomic E-state index is 0.311. The lowest BCUT2D eigenvalue weighted by molar-refractivity contribution is 0.418. The predicted molar refractivity (Wildman–Crippen MR) is 52.5 cm³/mol. The first-order valence-electron chi connectivity index (χ1n) is 4.78. The van der Waals surface area contributed by atoms with E-state index in [0.717, 1.165) is 24.5 Å². The van der Waals surface area contributed by atoms with Crippen LogP contribution >= 0.6 is 0 Å². The molecule has 0 aromatic carbocycles. The Morgan fingerprint density at radius 1 is 1.46 bits per heavy atom. The molecular formula is C9H18N4. The first-order valence-corrected chi connectivity index (χ1v) is 4.78. The normalized spacial score (nSPS) is 13.2. The summed E-state index contributed by atoms with van der Waals surface area (Å²) in [4.78, 5) is 4.26. The highest BCUT2D eigenvalue weighted by Gasteiger charge is 2.12. The number of aromatic nitrogens is 3. The van der Waals surface area contributed by atoms with Crippen LogP contribution in [0.5, 0.6) is 0 Å². The Morgan fingerprint density at radius 2 is 2.15 bits per heavy atom. The van der Waals surface area contributed by atoms with Gasteiger partial charge < -0.3 is 5.73 Å². The summed E-state index contributed by atoms with van der Waals surface area (Å²) in [5.74, 6) is 1.79. The summed E-state index contributed by atoms with van der Waals surface area (Å²) < 4.78 is 1.94. The Bertz CT molecular complexity index is 267. The molecule has 0 fully saturated rings. The lowest BCUT2D eigenvalue weighted by atomic mass is 10.2. The molecule has 74 valence electrons. The molecule has 1 aromatic heterocycles. The van der Waals surface area contributed by atoms with Gasteiger partial charge in [0.1, 0.15) is 11.6 Å². The van der Waals surface area contributed by atoms with Crippen LogP contribution < -0.4 is 5.73 Å². The number of hydrogen-bond donors (Lipinski definition) is 1. The van der Waals surface area contributed by atoms with E-state index < -0.39 is 0 Å². The number of hydrogen-bond acceptors (Lipinski definition) is 3. The number of aryl methyl sites for hydroxylation is 2. The quantitative estimate of drug-likeness (QED) is 0.761. The molecule has 0 aliphatic rings. The fourth-order valence-electron chi connectivity index (χ4n) is 1.56. The molecule has 13 heavy (non-hydrogen) atoms. The Morgan fingerprint density at radius 3 is 2.54 bits per heavy atom. The molecule has 0 bridgehead atoms. The number of nitrogens with zero attached hydrogens (tertiary/aromatic N) is 3. The van der Waals surface area contributed by atoms with E-state index in [2.05, 4.69) is 17.0 Å². The standard InChI is InChI=1S/C9H18N4/c1-4-5-9(6-10)13-8(3)11-7(2)12-13/h9H,4-6,10H2,1-3H3. The van der Waals surface area contributed by atoms with Crippen LogP contribution in [0.4, 0.5) is 0 Å². The molecular weight excluding hydrogens is 164 g/mol. The van der Waals surface area contributed by atoms with E-state index in [1.165, 1.54) is 0 Å². The van der Waals surface area contributed by atoms with Crippen molar-refractivity contribution in [2.45, 2.75) is 39.7 Å². The summed E-state index contributed by atoms with van der Waals surface area (Å²) in [6, 6.07) is 0.311. The summed E-state index contributed by atoms with van der Waals surface area (Å²) in [5, 5.41) is 4.33. The third-order valence-electron chi connectivity index (χ3n) is 2.15. The summed E-state index contributed by atoms with van der Waals surface area (Å²) in [5.41, 5.74) is 5.68. The van der Waals surface area contributed by atoms with E-state index in [9.17, 15) is 0 Å². The summed E-state index contributed by atoms with van der Waals surface area (Å²) in [6.45, 7) is 6.67. The van der Waals surface area contributed by atoms with E-state index in [0.29, 0.717) is 12.6 Å². The van der Waals surface area contributed by atoms with Crippen molar-refractivity contribution in [3.63, 3.8) is 0 Å². The molecule has 4 heteroatoms. The maximum Gasteiger partial charge on any atom is 0.147 e. The molecule has 1 atom stereocenters. The second-order valence-electron chi connectivity index (χ2n) is 3.33. The summed E-state index contributed by atoms with van der Waals surface area (Å²) in [6.07, 6.45) is 2.19. The minimum absolute atomic E-state index is 0.311. The van der Waals surface area contributed by atoms with Crippen molar-refractivity contribution in [3.8, 4) is 0 Å². The zero-order chi connectivity index (χ0) is 9.84. The third kappa shape index (κ3) is 2.28. The Labute approximate surface area is 79.2 Å². The van der Waals surface area contributed by atoms with Crippen molar-refractivity contribution in [1.29, 1.82) is 0 Å². The van der Waals surface area contributed by atoms with E-state index in [-0.39, 0.29) is 0 Å².